The number of benzene rings is 1. The van der Waals surface area contributed by atoms with E-state index < -0.39 is 0 Å². The summed E-state index contributed by atoms with van der Waals surface area (Å²) in [6, 6.07) is 4.86. The van der Waals surface area contributed by atoms with Gasteiger partial charge in [0.05, 0.1) is 5.56 Å². The van der Waals surface area contributed by atoms with Crippen LogP contribution < -0.4 is 15.4 Å². The second-order valence-electron chi connectivity index (χ2n) is 6.45. The van der Waals surface area contributed by atoms with E-state index in [1.54, 1.807) is 18.2 Å². The maximum absolute atomic E-state index is 11.9. The summed E-state index contributed by atoms with van der Waals surface area (Å²) in [7, 11) is 0. The SMILES string of the molecule is CCCC(=O)Nc1ccc(OCC(=O)NC(C)C(C)C)c(C(C)=O)c1. The highest BCUT2D eigenvalue weighted by Crippen LogP contribution is 2.23. The summed E-state index contributed by atoms with van der Waals surface area (Å²) in [5.74, 6) is 0.109. The monoisotopic (exact) mass is 348 g/mol. The van der Waals surface area contributed by atoms with Crippen molar-refractivity contribution in [2.45, 2.75) is 53.5 Å². The molecule has 0 radical (unpaired) electrons. The van der Waals surface area contributed by atoms with Crippen LogP contribution in [0.2, 0.25) is 0 Å². The lowest BCUT2D eigenvalue weighted by Gasteiger charge is -2.18. The molecule has 25 heavy (non-hydrogen) atoms. The summed E-state index contributed by atoms with van der Waals surface area (Å²) in [5, 5.41) is 5.59. The van der Waals surface area contributed by atoms with Gasteiger partial charge in [-0.2, -0.15) is 0 Å². The normalized spacial score (nSPS) is 11.8. The van der Waals surface area contributed by atoms with Crippen molar-refractivity contribution in [3.05, 3.63) is 23.8 Å². The fourth-order valence-corrected chi connectivity index (χ4v) is 2.06. The number of Topliss-reactive ketones (excluding diaryl/α,β-unsaturated/α-hetero) is 1. The van der Waals surface area contributed by atoms with E-state index in [9.17, 15) is 14.4 Å². The minimum Gasteiger partial charge on any atom is -0.483 e. The van der Waals surface area contributed by atoms with E-state index in [0.717, 1.165) is 6.42 Å². The minimum atomic E-state index is -0.240. The van der Waals surface area contributed by atoms with Gasteiger partial charge in [-0.25, -0.2) is 0 Å². The van der Waals surface area contributed by atoms with Gasteiger partial charge in [0, 0.05) is 18.2 Å². The summed E-state index contributed by atoms with van der Waals surface area (Å²) in [5.41, 5.74) is 0.868. The van der Waals surface area contributed by atoms with Crippen molar-refractivity contribution >= 4 is 23.3 Å². The summed E-state index contributed by atoms with van der Waals surface area (Å²) >= 11 is 0. The van der Waals surface area contributed by atoms with Crippen LogP contribution in [0.5, 0.6) is 5.75 Å². The zero-order chi connectivity index (χ0) is 19.0. The molecule has 0 saturated heterocycles. The lowest BCUT2D eigenvalue weighted by Crippen LogP contribution is -2.39. The molecule has 1 unspecified atom stereocenters. The second kappa shape index (κ2) is 9.81. The number of amides is 2. The van der Waals surface area contributed by atoms with Gasteiger partial charge in [-0.3, -0.25) is 14.4 Å². The molecular formula is C19H28N2O4. The first-order chi connectivity index (χ1) is 11.7. The number of ketones is 1. The predicted molar refractivity (Wildman–Crippen MR) is 97.9 cm³/mol. The molecule has 138 valence electrons. The summed E-state index contributed by atoms with van der Waals surface area (Å²) in [4.78, 5) is 35.4. The maximum atomic E-state index is 11.9. The fraction of sp³-hybridized carbons (Fsp3) is 0.526. The van der Waals surface area contributed by atoms with Gasteiger partial charge in [-0.05, 0) is 44.4 Å². The molecule has 0 fully saturated rings. The van der Waals surface area contributed by atoms with E-state index in [1.165, 1.54) is 6.92 Å². The van der Waals surface area contributed by atoms with Gasteiger partial charge in [0.25, 0.3) is 5.91 Å². The standard InChI is InChI=1S/C19H28N2O4/c1-6-7-18(23)21-15-8-9-17(16(10-15)14(5)22)25-11-19(24)20-13(4)12(2)3/h8-10,12-13H,6-7,11H2,1-5H3,(H,20,24)(H,21,23). The van der Waals surface area contributed by atoms with Crippen LogP contribution >= 0.6 is 0 Å². The molecule has 0 aromatic heterocycles. The van der Waals surface area contributed by atoms with Crippen molar-refractivity contribution in [1.82, 2.24) is 5.32 Å². The van der Waals surface area contributed by atoms with Crippen LogP contribution in [0.15, 0.2) is 18.2 Å². The first-order valence-electron chi connectivity index (χ1n) is 8.61. The van der Waals surface area contributed by atoms with E-state index in [0.29, 0.717) is 29.3 Å². The Hall–Kier alpha value is -2.37. The lowest BCUT2D eigenvalue weighted by molar-refractivity contribution is -0.124. The molecule has 2 N–H and O–H groups in total. The maximum Gasteiger partial charge on any atom is 0.258 e. The van der Waals surface area contributed by atoms with Crippen molar-refractivity contribution in [3.8, 4) is 5.75 Å². The molecule has 6 heteroatoms. The van der Waals surface area contributed by atoms with Crippen LogP contribution in [0, 0.1) is 5.92 Å². The zero-order valence-corrected chi connectivity index (χ0v) is 15.6. The number of hydrogen-bond donors (Lipinski definition) is 2. The predicted octanol–water partition coefficient (Wildman–Crippen LogP) is 3.17. The second-order valence-corrected chi connectivity index (χ2v) is 6.45. The average molecular weight is 348 g/mol. The van der Waals surface area contributed by atoms with Crippen LogP contribution in [-0.4, -0.2) is 30.2 Å². The number of carbonyl (C=O) groups excluding carboxylic acids is 3. The van der Waals surface area contributed by atoms with Crippen molar-refractivity contribution in [1.29, 1.82) is 0 Å². The molecule has 1 atom stereocenters. The quantitative estimate of drug-likeness (QED) is 0.671. The Morgan fingerprint density at radius 3 is 2.36 bits per heavy atom. The highest BCUT2D eigenvalue weighted by atomic mass is 16.5. The number of rotatable bonds is 9. The zero-order valence-electron chi connectivity index (χ0n) is 15.6. The molecule has 1 rings (SSSR count). The third kappa shape index (κ3) is 6.95. The Labute approximate surface area is 149 Å². The molecule has 0 heterocycles. The largest absolute Gasteiger partial charge is 0.483 e. The summed E-state index contributed by atoms with van der Waals surface area (Å²) in [6.07, 6.45) is 1.17. The first kappa shape index (κ1) is 20.7. The molecule has 0 aliphatic carbocycles. The van der Waals surface area contributed by atoms with Gasteiger partial charge in [0.1, 0.15) is 5.75 Å². The van der Waals surface area contributed by atoms with E-state index in [2.05, 4.69) is 10.6 Å². The van der Waals surface area contributed by atoms with Crippen molar-refractivity contribution in [2.24, 2.45) is 5.92 Å². The Morgan fingerprint density at radius 2 is 1.80 bits per heavy atom. The van der Waals surface area contributed by atoms with Gasteiger partial charge in [0.15, 0.2) is 12.4 Å². The lowest BCUT2D eigenvalue weighted by atomic mass is 10.1. The van der Waals surface area contributed by atoms with Crippen molar-refractivity contribution in [2.75, 3.05) is 11.9 Å². The molecule has 2 amide bonds. The van der Waals surface area contributed by atoms with Gasteiger partial charge in [-0.1, -0.05) is 20.8 Å². The Kier molecular flexibility index (Phi) is 8.11. The van der Waals surface area contributed by atoms with E-state index >= 15 is 0 Å². The fourth-order valence-electron chi connectivity index (χ4n) is 2.06. The van der Waals surface area contributed by atoms with Crippen LogP contribution in [0.4, 0.5) is 5.69 Å². The topological polar surface area (TPSA) is 84.5 Å². The van der Waals surface area contributed by atoms with E-state index in [4.69, 9.17) is 4.74 Å². The molecule has 1 aromatic carbocycles. The van der Waals surface area contributed by atoms with E-state index in [-0.39, 0.29) is 30.2 Å². The first-order valence-corrected chi connectivity index (χ1v) is 8.61. The Balaban J connectivity index is 2.77. The Bertz CT molecular complexity index is 626. The molecule has 0 spiro atoms. The van der Waals surface area contributed by atoms with Crippen molar-refractivity contribution in [3.63, 3.8) is 0 Å². The summed E-state index contributed by atoms with van der Waals surface area (Å²) in [6.45, 7) is 9.14. The molecule has 0 aliphatic rings. The Morgan fingerprint density at radius 1 is 1.12 bits per heavy atom. The molecule has 0 bridgehead atoms. The van der Waals surface area contributed by atoms with Gasteiger partial charge < -0.3 is 15.4 Å². The molecular weight excluding hydrogens is 320 g/mol. The summed E-state index contributed by atoms with van der Waals surface area (Å²) < 4.78 is 5.50. The average Bonchev–Trinajstić information content (AvgIpc) is 2.53. The molecule has 6 nitrogen and oxygen atoms in total. The van der Waals surface area contributed by atoms with Gasteiger partial charge in [-0.15, -0.1) is 0 Å². The number of hydrogen-bond acceptors (Lipinski definition) is 4. The number of carbonyl (C=O) groups is 3. The molecule has 0 aliphatic heterocycles. The van der Waals surface area contributed by atoms with Crippen LogP contribution in [0.3, 0.4) is 0 Å². The van der Waals surface area contributed by atoms with Gasteiger partial charge in [0.2, 0.25) is 5.91 Å². The van der Waals surface area contributed by atoms with Crippen LogP contribution in [-0.2, 0) is 9.59 Å². The molecule has 0 saturated carbocycles. The molecule has 1 aromatic rings. The smallest absolute Gasteiger partial charge is 0.258 e. The third-order valence-electron chi connectivity index (χ3n) is 3.87. The van der Waals surface area contributed by atoms with E-state index in [1.807, 2.05) is 27.7 Å². The highest BCUT2D eigenvalue weighted by molar-refractivity contribution is 5.99. The van der Waals surface area contributed by atoms with Gasteiger partial charge >= 0.3 is 0 Å². The number of nitrogens with one attached hydrogen (secondary N) is 2. The van der Waals surface area contributed by atoms with Crippen LogP contribution in [0.25, 0.3) is 0 Å². The third-order valence-corrected chi connectivity index (χ3v) is 3.87. The number of ether oxygens (including phenoxy) is 1. The number of anilines is 1. The van der Waals surface area contributed by atoms with Crippen molar-refractivity contribution < 1.29 is 19.1 Å². The minimum absolute atomic E-state index is 0.0412. The highest BCUT2D eigenvalue weighted by Gasteiger charge is 2.14. The van der Waals surface area contributed by atoms with Crippen LogP contribution in [0.1, 0.15) is 57.8 Å².